The number of carbonyl (C=O) groups is 1. The van der Waals surface area contributed by atoms with Gasteiger partial charge in [0, 0.05) is 24.6 Å². The standard InChI is InChI=1S/C10H12BrNO2/c1-12(7-6-11)9-4-2-8(3-5-9)10(13)14/h2-5H,6-7H2,1H3,(H,13,14). The number of carboxylic acid groups (broad SMARTS) is 1. The Labute approximate surface area is 91.5 Å². The molecule has 3 nitrogen and oxygen atoms in total. The van der Waals surface area contributed by atoms with Crippen LogP contribution in [-0.4, -0.2) is 30.0 Å². The SMILES string of the molecule is CN(CCBr)c1ccc(C(=O)O)cc1. The largest absolute Gasteiger partial charge is 0.478 e. The summed E-state index contributed by atoms with van der Waals surface area (Å²) < 4.78 is 0. The molecule has 76 valence electrons. The number of carboxylic acids is 1. The average Bonchev–Trinajstić information content (AvgIpc) is 2.18. The highest BCUT2D eigenvalue weighted by molar-refractivity contribution is 9.09. The van der Waals surface area contributed by atoms with Gasteiger partial charge in [0.25, 0.3) is 0 Å². The minimum Gasteiger partial charge on any atom is -0.478 e. The van der Waals surface area contributed by atoms with Crippen LogP contribution in [0.2, 0.25) is 0 Å². The van der Waals surface area contributed by atoms with Crippen LogP contribution in [0.3, 0.4) is 0 Å². The highest BCUT2D eigenvalue weighted by Gasteiger charge is 2.03. The highest BCUT2D eigenvalue weighted by atomic mass is 79.9. The van der Waals surface area contributed by atoms with Crippen molar-refractivity contribution in [2.24, 2.45) is 0 Å². The Morgan fingerprint density at radius 3 is 2.43 bits per heavy atom. The lowest BCUT2D eigenvalue weighted by atomic mass is 10.2. The van der Waals surface area contributed by atoms with E-state index in [1.54, 1.807) is 12.1 Å². The van der Waals surface area contributed by atoms with Gasteiger partial charge in [-0.1, -0.05) is 15.9 Å². The second kappa shape index (κ2) is 5.00. The van der Waals surface area contributed by atoms with Crippen molar-refractivity contribution in [3.05, 3.63) is 29.8 Å². The van der Waals surface area contributed by atoms with Crippen molar-refractivity contribution in [3.8, 4) is 0 Å². The van der Waals surface area contributed by atoms with Gasteiger partial charge in [-0.15, -0.1) is 0 Å². The molecular weight excluding hydrogens is 246 g/mol. The van der Waals surface area contributed by atoms with Crippen LogP contribution in [0.5, 0.6) is 0 Å². The molecule has 0 aliphatic heterocycles. The number of rotatable bonds is 4. The maximum absolute atomic E-state index is 10.6. The third-order valence-corrected chi connectivity index (χ3v) is 2.33. The maximum Gasteiger partial charge on any atom is 0.335 e. The van der Waals surface area contributed by atoms with Crippen molar-refractivity contribution in [1.82, 2.24) is 0 Å². The van der Waals surface area contributed by atoms with Crippen molar-refractivity contribution in [1.29, 1.82) is 0 Å². The fourth-order valence-corrected chi connectivity index (χ4v) is 1.65. The number of halogens is 1. The van der Waals surface area contributed by atoms with Crippen LogP contribution in [0.4, 0.5) is 5.69 Å². The quantitative estimate of drug-likeness (QED) is 0.842. The van der Waals surface area contributed by atoms with E-state index < -0.39 is 5.97 Å². The average molecular weight is 258 g/mol. The summed E-state index contributed by atoms with van der Waals surface area (Å²) in [4.78, 5) is 12.6. The molecule has 1 N–H and O–H groups in total. The van der Waals surface area contributed by atoms with Crippen LogP contribution in [0.25, 0.3) is 0 Å². The molecule has 0 saturated carbocycles. The molecule has 1 rings (SSSR count). The molecule has 0 aromatic heterocycles. The van der Waals surface area contributed by atoms with Gasteiger partial charge in [-0.2, -0.15) is 0 Å². The Balaban J connectivity index is 2.77. The minimum atomic E-state index is -0.889. The summed E-state index contributed by atoms with van der Waals surface area (Å²) in [5.41, 5.74) is 1.34. The lowest BCUT2D eigenvalue weighted by molar-refractivity contribution is 0.0697. The molecule has 0 aliphatic carbocycles. The van der Waals surface area contributed by atoms with E-state index in [2.05, 4.69) is 20.8 Å². The molecule has 0 bridgehead atoms. The fraction of sp³-hybridized carbons (Fsp3) is 0.300. The van der Waals surface area contributed by atoms with Gasteiger partial charge in [0.05, 0.1) is 5.56 Å². The van der Waals surface area contributed by atoms with Crippen molar-refractivity contribution in [2.45, 2.75) is 0 Å². The second-order valence-electron chi connectivity index (χ2n) is 2.96. The van der Waals surface area contributed by atoms with Gasteiger partial charge >= 0.3 is 5.97 Å². The Bertz CT molecular complexity index is 310. The van der Waals surface area contributed by atoms with Crippen molar-refractivity contribution in [2.75, 3.05) is 23.8 Å². The van der Waals surface area contributed by atoms with Crippen LogP contribution in [-0.2, 0) is 0 Å². The Morgan fingerprint density at radius 1 is 1.43 bits per heavy atom. The van der Waals surface area contributed by atoms with Crippen LogP contribution < -0.4 is 4.90 Å². The van der Waals surface area contributed by atoms with Gasteiger partial charge in [0.2, 0.25) is 0 Å². The van der Waals surface area contributed by atoms with Gasteiger partial charge in [-0.05, 0) is 24.3 Å². The third kappa shape index (κ3) is 2.73. The first-order valence-corrected chi connectivity index (χ1v) is 5.37. The topological polar surface area (TPSA) is 40.5 Å². The Hall–Kier alpha value is -1.03. The normalized spacial score (nSPS) is 9.86. The fourth-order valence-electron chi connectivity index (χ4n) is 1.11. The van der Waals surface area contributed by atoms with E-state index in [1.165, 1.54) is 0 Å². The van der Waals surface area contributed by atoms with Crippen molar-refractivity contribution >= 4 is 27.6 Å². The zero-order chi connectivity index (χ0) is 10.6. The molecule has 0 spiro atoms. The van der Waals surface area contributed by atoms with E-state index in [4.69, 9.17) is 5.11 Å². The van der Waals surface area contributed by atoms with E-state index in [1.807, 2.05) is 19.2 Å². The molecule has 0 radical (unpaired) electrons. The van der Waals surface area contributed by atoms with E-state index in [-0.39, 0.29) is 0 Å². The number of hydrogen-bond acceptors (Lipinski definition) is 2. The first-order chi connectivity index (χ1) is 6.65. The zero-order valence-corrected chi connectivity index (χ0v) is 9.49. The molecule has 0 aliphatic rings. The zero-order valence-electron chi connectivity index (χ0n) is 7.90. The lowest BCUT2D eigenvalue weighted by Gasteiger charge is -2.17. The van der Waals surface area contributed by atoms with Gasteiger partial charge < -0.3 is 10.0 Å². The first kappa shape index (κ1) is 11.0. The molecule has 0 atom stereocenters. The van der Waals surface area contributed by atoms with E-state index in [0.29, 0.717) is 5.56 Å². The number of benzene rings is 1. The predicted molar refractivity (Wildman–Crippen MR) is 60.5 cm³/mol. The van der Waals surface area contributed by atoms with Crippen molar-refractivity contribution in [3.63, 3.8) is 0 Å². The van der Waals surface area contributed by atoms with Crippen LogP contribution in [0, 0.1) is 0 Å². The Kier molecular flexibility index (Phi) is 3.95. The number of alkyl halides is 1. The molecule has 14 heavy (non-hydrogen) atoms. The molecule has 1 aromatic rings. The number of anilines is 1. The number of hydrogen-bond donors (Lipinski definition) is 1. The highest BCUT2D eigenvalue weighted by Crippen LogP contribution is 2.13. The monoisotopic (exact) mass is 257 g/mol. The molecule has 0 unspecified atom stereocenters. The summed E-state index contributed by atoms with van der Waals surface area (Å²) in [6.07, 6.45) is 0. The molecule has 1 aromatic carbocycles. The van der Waals surface area contributed by atoms with E-state index in [9.17, 15) is 4.79 Å². The van der Waals surface area contributed by atoms with E-state index in [0.717, 1.165) is 17.6 Å². The lowest BCUT2D eigenvalue weighted by Crippen LogP contribution is -2.19. The van der Waals surface area contributed by atoms with Crippen LogP contribution in [0.15, 0.2) is 24.3 Å². The molecule has 4 heteroatoms. The number of aromatic carboxylic acids is 1. The van der Waals surface area contributed by atoms with E-state index >= 15 is 0 Å². The summed E-state index contributed by atoms with van der Waals surface area (Å²) in [6, 6.07) is 6.85. The van der Waals surface area contributed by atoms with Crippen LogP contribution >= 0.6 is 15.9 Å². The van der Waals surface area contributed by atoms with Gasteiger partial charge in [0.15, 0.2) is 0 Å². The third-order valence-electron chi connectivity index (χ3n) is 1.97. The Morgan fingerprint density at radius 2 is 2.00 bits per heavy atom. The molecule has 0 saturated heterocycles. The van der Waals surface area contributed by atoms with Gasteiger partial charge in [-0.3, -0.25) is 0 Å². The summed E-state index contributed by atoms with van der Waals surface area (Å²) in [5.74, 6) is -0.889. The minimum absolute atomic E-state index is 0.320. The second-order valence-corrected chi connectivity index (χ2v) is 3.76. The number of nitrogens with zero attached hydrogens (tertiary/aromatic N) is 1. The summed E-state index contributed by atoms with van der Waals surface area (Å²) in [7, 11) is 1.97. The predicted octanol–water partition coefficient (Wildman–Crippen LogP) is 2.22. The van der Waals surface area contributed by atoms with Gasteiger partial charge in [-0.25, -0.2) is 4.79 Å². The summed E-state index contributed by atoms with van der Waals surface area (Å²) >= 11 is 3.35. The summed E-state index contributed by atoms with van der Waals surface area (Å²) in [5, 5.41) is 9.59. The van der Waals surface area contributed by atoms with Crippen molar-refractivity contribution < 1.29 is 9.90 Å². The molecule has 0 heterocycles. The first-order valence-electron chi connectivity index (χ1n) is 4.25. The molecular formula is C10H12BrNO2. The smallest absolute Gasteiger partial charge is 0.335 e. The summed E-state index contributed by atoms with van der Waals surface area (Å²) in [6.45, 7) is 0.895. The van der Waals surface area contributed by atoms with Crippen LogP contribution in [0.1, 0.15) is 10.4 Å². The van der Waals surface area contributed by atoms with Gasteiger partial charge in [0.1, 0.15) is 0 Å². The molecule has 0 fully saturated rings. The molecule has 0 amide bonds. The maximum atomic E-state index is 10.6.